The number of methoxy groups -OCH3 is 4. The molecule has 0 spiro atoms. The molecule has 0 atom stereocenters. The monoisotopic (exact) mass is 445 g/mol. The fraction of sp³-hybridized carbons (Fsp3) is 0.160. The van der Waals surface area contributed by atoms with Crippen molar-refractivity contribution in [3.63, 3.8) is 0 Å². The van der Waals surface area contributed by atoms with E-state index in [4.69, 9.17) is 24.7 Å². The van der Waals surface area contributed by atoms with Gasteiger partial charge in [-0.3, -0.25) is 0 Å². The predicted octanol–water partition coefficient (Wildman–Crippen LogP) is 4.36. The van der Waals surface area contributed by atoms with Crippen LogP contribution < -0.4 is 19.9 Å². The van der Waals surface area contributed by atoms with Crippen LogP contribution in [0.3, 0.4) is 0 Å². The SMILES string of the molecule is COC(=O)c1ccc(-c2ccc3nc(N)nc(-c4ccc(OC)c(OC)c4)c3c2)cc1OC. The average molecular weight is 445 g/mol. The number of nitrogens with zero attached hydrogens (tertiary/aromatic N) is 2. The highest BCUT2D eigenvalue weighted by Gasteiger charge is 2.16. The summed E-state index contributed by atoms with van der Waals surface area (Å²) >= 11 is 0. The highest BCUT2D eigenvalue weighted by Crippen LogP contribution is 2.36. The van der Waals surface area contributed by atoms with E-state index in [1.54, 1.807) is 26.4 Å². The van der Waals surface area contributed by atoms with Crippen LogP contribution in [0.2, 0.25) is 0 Å². The molecule has 8 nitrogen and oxygen atoms in total. The van der Waals surface area contributed by atoms with Crippen molar-refractivity contribution in [2.45, 2.75) is 0 Å². The first-order valence-electron chi connectivity index (χ1n) is 10.1. The average Bonchev–Trinajstić information content (AvgIpc) is 2.86. The van der Waals surface area contributed by atoms with E-state index in [9.17, 15) is 4.79 Å². The van der Waals surface area contributed by atoms with Crippen molar-refractivity contribution in [2.24, 2.45) is 0 Å². The van der Waals surface area contributed by atoms with E-state index in [-0.39, 0.29) is 5.95 Å². The number of hydrogen-bond acceptors (Lipinski definition) is 8. The van der Waals surface area contributed by atoms with Crippen LogP contribution in [0.5, 0.6) is 17.2 Å². The number of anilines is 1. The summed E-state index contributed by atoms with van der Waals surface area (Å²) in [6.07, 6.45) is 0. The molecule has 0 aliphatic heterocycles. The number of nitrogens with two attached hydrogens (primary N) is 1. The lowest BCUT2D eigenvalue weighted by Gasteiger charge is -2.13. The minimum Gasteiger partial charge on any atom is -0.496 e. The van der Waals surface area contributed by atoms with E-state index >= 15 is 0 Å². The van der Waals surface area contributed by atoms with Gasteiger partial charge in [-0.05, 0) is 53.6 Å². The number of carbonyl (C=O) groups is 1. The maximum absolute atomic E-state index is 12.0. The second-order valence-corrected chi connectivity index (χ2v) is 7.14. The number of rotatable bonds is 6. The summed E-state index contributed by atoms with van der Waals surface area (Å²) in [5, 5.41) is 0.810. The zero-order chi connectivity index (χ0) is 23.5. The molecule has 0 amide bonds. The molecule has 4 rings (SSSR count). The van der Waals surface area contributed by atoms with Crippen LogP contribution in [0.15, 0.2) is 54.6 Å². The molecule has 3 aromatic carbocycles. The Labute approximate surface area is 190 Å². The molecule has 2 N–H and O–H groups in total. The van der Waals surface area contributed by atoms with Gasteiger partial charge >= 0.3 is 5.97 Å². The Kier molecular flexibility index (Phi) is 5.99. The zero-order valence-corrected chi connectivity index (χ0v) is 18.7. The van der Waals surface area contributed by atoms with E-state index in [1.807, 2.05) is 42.5 Å². The Bertz CT molecular complexity index is 1350. The molecule has 0 aliphatic rings. The quantitative estimate of drug-likeness (QED) is 0.437. The van der Waals surface area contributed by atoms with Gasteiger partial charge in [0.15, 0.2) is 11.5 Å². The predicted molar refractivity (Wildman–Crippen MR) is 126 cm³/mol. The van der Waals surface area contributed by atoms with Crippen LogP contribution in [-0.4, -0.2) is 44.4 Å². The highest BCUT2D eigenvalue weighted by molar-refractivity contribution is 5.97. The summed E-state index contributed by atoms with van der Waals surface area (Å²) in [7, 11) is 6.01. The number of hydrogen-bond donors (Lipinski definition) is 1. The minimum absolute atomic E-state index is 0.170. The Morgan fingerprint density at radius 3 is 2.06 bits per heavy atom. The fourth-order valence-electron chi connectivity index (χ4n) is 3.68. The van der Waals surface area contributed by atoms with E-state index in [0.717, 1.165) is 22.1 Å². The molecule has 33 heavy (non-hydrogen) atoms. The Morgan fingerprint density at radius 2 is 1.36 bits per heavy atom. The molecule has 4 aromatic rings. The standard InChI is InChI=1S/C25H23N3O5/c1-30-20-10-7-16(13-22(20)32-3)23-18-11-14(6-9-19(18)27-25(26)28-23)15-5-8-17(24(29)33-4)21(12-15)31-2/h5-13H,1-4H3,(H2,26,27,28). The van der Waals surface area contributed by atoms with Gasteiger partial charge in [-0.1, -0.05) is 12.1 Å². The van der Waals surface area contributed by atoms with E-state index in [1.165, 1.54) is 14.2 Å². The van der Waals surface area contributed by atoms with Crippen LogP contribution in [0.4, 0.5) is 5.95 Å². The number of benzene rings is 3. The summed E-state index contributed by atoms with van der Waals surface area (Å²) in [5.41, 5.74) is 10.3. The summed E-state index contributed by atoms with van der Waals surface area (Å²) in [6.45, 7) is 0. The summed E-state index contributed by atoms with van der Waals surface area (Å²) in [6, 6.07) is 16.7. The van der Waals surface area contributed by atoms with E-state index in [0.29, 0.717) is 34.0 Å². The second-order valence-electron chi connectivity index (χ2n) is 7.14. The zero-order valence-electron chi connectivity index (χ0n) is 18.7. The molecule has 0 fully saturated rings. The Balaban J connectivity index is 1.88. The summed E-state index contributed by atoms with van der Waals surface area (Å²) in [5.74, 6) is 1.33. The van der Waals surface area contributed by atoms with Crippen molar-refractivity contribution in [3.05, 3.63) is 60.2 Å². The Hall–Kier alpha value is -4.33. The highest BCUT2D eigenvalue weighted by atomic mass is 16.5. The number of aromatic nitrogens is 2. The third-order valence-corrected chi connectivity index (χ3v) is 5.31. The van der Waals surface area contributed by atoms with Gasteiger partial charge in [0.2, 0.25) is 5.95 Å². The van der Waals surface area contributed by atoms with Gasteiger partial charge in [-0.25, -0.2) is 14.8 Å². The van der Waals surface area contributed by atoms with Gasteiger partial charge in [0.05, 0.1) is 39.6 Å². The number of carbonyl (C=O) groups excluding carboxylic acids is 1. The molecule has 0 unspecified atom stereocenters. The molecular formula is C25H23N3O5. The van der Waals surface area contributed by atoms with E-state index < -0.39 is 5.97 Å². The Morgan fingerprint density at radius 1 is 0.727 bits per heavy atom. The summed E-state index contributed by atoms with van der Waals surface area (Å²) < 4.78 is 21.0. The first-order valence-corrected chi connectivity index (χ1v) is 10.1. The normalized spacial score (nSPS) is 10.7. The first kappa shape index (κ1) is 21.9. The van der Waals surface area contributed by atoms with Crippen LogP contribution >= 0.6 is 0 Å². The number of nitrogen functional groups attached to an aromatic ring is 1. The fourth-order valence-corrected chi connectivity index (χ4v) is 3.68. The van der Waals surface area contributed by atoms with Gasteiger partial charge in [0.1, 0.15) is 11.3 Å². The minimum atomic E-state index is -0.462. The third-order valence-electron chi connectivity index (χ3n) is 5.31. The van der Waals surface area contributed by atoms with Crippen LogP contribution in [-0.2, 0) is 4.74 Å². The molecular weight excluding hydrogens is 422 g/mol. The lowest BCUT2D eigenvalue weighted by atomic mass is 9.99. The van der Waals surface area contributed by atoms with Gasteiger partial charge in [0.25, 0.3) is 0 Å². The van der Waals surface area contributed by atoms with Crippen molar-refractivity contribution >= 4 is 22.8 Å². The van der Waals surface area contributed by atoms with Crippen LogP contribution in [0, 0.1) is 0 Å². The molecule has 168 valence electrons. The maximum atomic E-state index is 12.0. The van der Waals surface area contributed by atoms with E-state index in [2.05, 4.69) is 9.97 Å². The van der Waals surface area contributed by atoms with Crippen molar-refractivity contribution < 1.29 is 23.7 Å². The molecule has 0 bridgehead atoms. The molecule has 0 saturated heterocycles. The number of ether oxygens (including phenoxy) is 4. The summed E-state index contributed by atoms with van der Waals surface area (Å²) in [4.78, 5) is 20.9. The van der Waals surface area contributed by atoms with Gasteiger partial charge < -0.3 is 24.7 Å². The molecule has 0 radical (unpaired) electrons. The van der Waals surface area contributed by atoms with Crippen molar-refractivity contribution in [2.75, 3.05) is 34.2 Å². The number of fused-ring (bicyclic) bond motifs is 1. The van der Waals surface area contributed by atoms with Gasteiger partial charge in [0, 0.05) is 10.9 Å². The van der Waals surface area contributed by atoms with Gasteiger partial charge in [-0.15, -0.1) is 0 Å². The van der Waals surface area contributed by atoms with Crippen LogP contribution in [0.25, 0.3) is 33.3 Å². The lowest BCUT2D eigenvalue weighted by Crippen LogP contribution is -2.04. The number of esters is 1. The first-order chi connectivity index (χ1) is 16.0. The molecule has 0 saturated carbocycles. The largest absolute Gasteiger partial charge is 0.496 e. The van der Waals surface area contributed by atoms with Crippen molar-refractivity contribution in [1.29, 1.82) is 0 Å². The topological polar surface area (TPSA) is 106 Å². The second kappa shape index (κ2) is 9.04. The molecule has 0 aliphatic carbocycles. The van der Waals surface area contributed by atoms with Crippen molar-refractivity contribution in [1.82, 2.24) is 9.97 Å². The van der Waals surface area contributed by atoms with Crippen molar-refractivity contribution in [3.8, 4) is 39.6 Å². The van der Waals surface area contributed by atoms with Gasteiger partial charge in [-0.2, -0.15) is 0 Å². The maximum Gasteiger partial charge on any atom is 0.341 e. The molecule has 8 heteroatoms. The molecule has 1 heterocycles. The molecule has 1 aromatic heterocycles. The smallest absolute Gasteiger partial charge is 0.341 e. The van der Waals surface area contributed by atoms with Crippen LogP contribution in [0.1, 0.15) is 10.4 Å². The lowest BCUT2D eigenvalue weighted by molar-refractivity contribution is 0.0597. The third kappa shape index (κ3) is 4.10.